The van der Waals surface area contributed by atoms with Gasteiger partial charge in [-0.15, -0.1) is 5.10 Å². The molecule has 1 fully saturated rings. The zero-order valence-corrected chi connectivity index (χ0v) is 10.00. The molecule has 5 nitrogen and oxygen atoms in total. The van der Waals surface area contributed by atoms with Crippen molar-refractivity contribution in [2.24, 2.45) is 7.05 Å². The van der Waals surface area contributed by atoms with Crippen molar-refractivity contribution in [1.29, 1.82) is 0 Å². The monoisotopic (exact) mass is 227 g/mol. The molecule has 1 aliphatic rings. The van der Waals surface area contributed by atoms with Gasteiger partial charge in [0.05, 0.1) is 0 Å². The number of thioether (sulfide) groups is 1. The molecule has 0 radical (unpaired) electrons. The summed E-state index contributed by atoms with van der Waals surface area (Å²) < 4.78 is 1.74. The lowest BCUT2D eigenvalue weighted by molar-refractivity contribution is 0.549. The number of aryl methyl sites for hydroxylation is 1. The van der Waals surface area contributed by atoms with Gasteiger partial charge >= 0.3 is 0 Å². The third kappa shape index (κ3) is 2.49. The van der Waals surface area contributed by atoms with Crippen molar-refractivity contribution >= 4 is 11.8 Å². The third-order valence-electron chi connectivity index (χ3n) is 2.76. The number of hydrogen-bond donors (Lipinski definition) is 1. The Morgan fingerprint density at radius 2 is 2.40 bits per heavy atom. The summed E-state index contributed by atoms with van der Waals surface area (Å²) >= 11 is 1.80. The molecule has 0 saturated heterocycles. The zero-order chi connectivity index (χ0) is 10.7. The van der Waals surface area contributed by atoms with E-state index in [1.807, 2.05) is 7.05 Å². The smallest absolute Gasteiger partial charge is 0.209 e. The normalized spacial score (nSPS) is 26.0. The molecule has 2 unspecified atom stereocenters. The number of aromatic nitrogens is 4. The Morgan fingerprint density at radius 3 is 3.07 bits per heavy atom. The second-order valence-corrected chi connectivity index (χ2v) is 5.04. The molecule has 6 heteroatoms. The topological polar surface area (TPSA) is 55.6 Å². The van der Waals surface area contributed by atoms with Crippen LogP contribution in [0.2, 0.25) is 0 Å². The molecule has 0 amide bonds. The first-order valence-electron chi connectivity index (χ1n) is 5.43. The predicted molar refractivity (Wildman–Crippen MR) is 59.8 cm³/mol. The highest BCUT2D eigenvalue weighted by molar-refractivity contribution is 7.99. The van der Waals surface area contributed by atoms with Crippen LogP contribution in [0, 0.1) is 0 Å². The Balaban J connectivity index is 1.96. The van der Waals surface area contributed by atoms with E-state index in [0.29, 0.717) is 11.3 Å². The van der Waals surface area contributed by atoms with Crippen molar-refractivity contribution in [2.75, 3.05) is 6.54 Å². The van der Waals surface area contributed by atoms with Crippen molar-refractivity contribution in [3.8, 4) is 0 Å². The van der Waals surface area contributed by atoms with E-state index in [9.17, 15) is 0 Å². The highest BCUT2D eigenvalue weighted by atomic mass is 32.2. The van der Waals surface area contributed by atoms with Gasteiger partial charge in [0, 0.05) is 18.3 Å². The summed E-state index contributed by atoms with van der Waals surface area (Å²) in [5.41, 5.74) is 0. The second kappa shape index (κ2) is 4.94. The van der Waals surface area contributed by atoms with E-state index in [0.717, 1.165) is 11.7 Å². The quantitative estimate of drug-likeness (QED) is 0.826. The van der Waals surface area contributed by atoms with Crippen molar-refractivity contribution in [1.82, 2.24) is 25.5 Å². The standard InChI is InChI=1S/C9H17N5S/c1-3-10-7-5-4-6-8(7)15-9-11-12-13-14(9)2/h7-8,10H,3-6H2,1-2H3. The average molecular weight is 227 g/mol. The van der Waals surface area contributed by atoms with E-state index in [1.165, 1.54) is 19.3 Å². The summed E-state index contributed by atoms with van der Waals surface area (Å²) in [5.74, 6) is 0. The van der Waals surface area contributed by atoms with Gasteiger partial charge in [-0.05, 0) is 29.8 Å². The summed E-state index contributed by atoms with van der Waals surface area (Å²) in [6, 6.07) is 0.622. The Bertz CT molecular complexity index is 313. The summed E-state index contributed by atoms with van der Waals surface area (Å²) in [6.07, 6.45) is 3.84. The van der Waals surface area contributed by atoms with E-state index in [4.69, 9.17) is 0 Å². The van der Waals surface area contributed by atoms with Crippen molar-refractivity contribution in [3.05, 3.63) is 0 Å². The lowest BCUT2D eigenvalue weighted by Crippen LogP contribution is -2.33. The maximum atomic E-state index is 4.01. The molecule has 1 heterocycles. The fraction of sp³-hybridized carbons (Fsp3) is 0.889. The highest BCUT2D eigenvalue weighted by Crippen LogP contribution is 2.33. The van der Waals surface area contributed by atoms with Crippen LogP contribution in [0.4, 0.5) is 0 Å². The van der Waals surface area contributed by atoms with Crippen LogP contribution in [-0.2, 0) is 7.05 Å². The minimum Gasteiger partial charge on any atom is -0.313 e. The van der Waals surface area contributed by atoms with Gasteiger partial charge in [0.25, 0.3) is 0 Å². The van der Waals surface area contributed by atoms with Crippen LogP contribution < -0.4 is 5.32 Å². The fourth-order valence-electron chi connectivity index (χ4n) is 2.02. The van der Waals surface area contributed by atoms with Crippen molar-refractivity contribution < 1.29 is 0 Å². The first-order valence-corrected chi connectivity index (χ1v) is 6.31. The van der Waals surface area contributed by atoms with Crippen LogP contribution >= 0.6 is 11.8 Å². The van der Waals surface area contributed by atoms with Crippen LogP contribution in [-0.4, -0.2) is 38.0 Å². The molecule has 1 N–H and O–H groups in total. The number of hydrogen-bond acceptors (Lipinski definition) is 5. The SMILES string of the molecule is CCNC1CCCC1Sc1nnnn1C. The molecule has 15 heavy (non-hydrogen) atoms. The van der Waals surface area contributed by atoms with Crippen LogP contribution in [0.15, 0.2) is 5.16 Å². The highest BCUT2D eigenvalue weighted by Gasteiger charge is 2.28. The van der Waals surface area contributed by atoms with Crippen LogP contribution in [0.25, 0.3) is 0 Å². The van der Waals surface area contributed by atoms with Crippen LogP contribution in [0.5, 0.6) is 0 Å². The lowest BCUT2D eigenvalue weighted by Gasteiger charge is -2.18. The molecule has 1 aliphatic carbocycles. The molecule has 0 bridgehead atoms. The van der Waals surface area contributed by atoms with Gasteiger partial charge in [-0.2, -0.15) is 0 Å². The maximum Gasteiger partial charge on any atom is 0.209 e. The first kappa shape index (κ1) is 10.9. The Labute approximate surface area is 94.0 Å². The summed E-state index contributed by atoms with van der Waals surface area (Å²) in [7, 11) is 1.89. The molecule has 0 aliphatic heterocycles. The molecule has 1 aromatic heterocycles. The average Bonchev–Trinajstić information content (AvgIpc) is 2.80. The van der Waals surface area contributed by atoms with Gasteiger partial charge in [-0.1, -0.05) is 25.1 Å². The van der Waals surface area contributed by atoms with E-state index in [-0.39, 0.29) is 0 Å². The molecule has 0 spiro atoms. The zero-order valence-electron chi connectivity index (χ0n) is 9.18. The van der Waals surface area contributed by atoms with Crippen LogP contribution in [0.3, 0.4) is 0 Å². The summed E-state index contributed by atoms with van der Waals surface area (Å²) in [4.78, 5) is 0. The fourth-order valence-corrected chi connectivity index (χ4v) is 3.24. The summed E-state index contributed by atoms with van der Waals surface area (Å²) in [5, 5.41) is 16.6. The molecular weight excluding hydrogens is 210 g/mol. The molecule has 84 valence electrons. The Kier molecular flexibility index (Phi) is 3.58. The molecule has 2 atom stereocenters. The number of tetrazole rings is 1. The minimum atomic E-state index is 0.620. The van der Waals surface area contributed by atoms with Gasteiger partial charge in [0.2, 0.25) is 5.16 Å². The Hall–Kier alpha value is -0.620. The van der Waals surface area contributed by atoms with E-state index in [2.05, 4.69) is 27.8 Å². The first-order chi connectivity index (χ1) is 7.31. The second-order valence-electron chi connectivity index (χ2n) is 3.84. The molecule has 1 aromatic rings. The third-order valence-corrected chi connectivity index (χ3v) is 4.18. The van der Waals surface area contributed by atoms with Gasteiger partial charge < -0.3 is 5.32 Å². The molecule has 0 aromatic carbocycles. The van der Waals surface area contributed by atoms with E-state index >= 15 is 0 Å². The maximum absolute atomic E-state index is 4.01. The minimum absolute atomic E-state index is 0.620. The number of nitrogens with zero attached hydrogens (tertiary/aromatic N) is 4. The van der Waals surface area contributed by atoms with E-state index < -0.39 is 0 Å². The Morgan fingerprint density at radius 1 is 1.53 bits per heavy atom. The van der Waals surface area contributed by atoms with E-state index in [1.54, 1.807) is 16.4 Å². The molecule has 2 rings (SSSR count). The van der Waals surface area contributed by atoms with Crippen molar-refractivity contribution in [2.45, 2.75) is 42.6 Å². The largest absolute Gasteiger partial charge is 0.313 e. The number of nitrogens with one attached hydrogen (secondary N) is 1. The molecule has 1 saturated carbocycles. The molecular formula is C9H17N5S. The van der Waals surface area contributed by atoms with Crippen molar-refractivity contribution in [3.63, 3.8) is 0 Å². The van der Waals surface area contributed by atoms with Gasteiger partial charge in [0.1, 0.15) is 0 Å². The predicted octanol–water partition coefficient (Wildman–Crippen LogP) is 0.833. The van der Waals surface area contributed by atoms with Gasteiger partial charge in [0.15, 0.2) is 0 Å². The van der Waals surface area contributed by atoms with Crippen LogP contribution in [0.1, 0.15) is 26.2 Å². The summed E-state index contributed by atoms with van der Waals surface area (Å²) in [6.45, 7) is 3.20. The van der Waals surface area contributed by atoms with Gasteiger partial charge in [-0.25, -0.2) is 4.68 Å². The lowest BCUT2D eigenvalue weighted by atomic mass is 10.2. The number of rotatable bonds is 4. The van der Waals surface area contributed by atoms with Gasteiger partial charge in [-0.3, -0.25) is 0 Å².